The number of amides is 2. The highest BCUT2D eigenvalue weighted by Gasteiger charge is 2.19. The normalized spacial score (nSPS) is 11.4. The highest BCUT2D eigenvalue weighted by atomic mass is 35.5. The fourth-order valence-corrected chi connectivity index (χ4v) is 2.36. The number of halogens is 2. The van der Waals surface area contributed by atoms with Gasteiger partial charge in [0, 0.05) is 21.9 Å². The van der Waals surface area contributed by atoms with Crippen molar-refractivity contribution in [3.05, 3.63) is 57.8 Å². The van der Waals surface area contributed by atoms with Gasteiger partial charge in [-0.2, -0.15) is 0 Å². The van der Waals surface area contributed by atoms with E-state index in [0.29, 0.717) is 15.7 Å². The molecule has 2 aromatic rings. The number of benzene rings is 1. The van der Waals surface area contributed by atoms with Crippen LogP contribution in [0, 0.1) is 6.92 Å². The Balaban J connectivity index is 1.84. The van der Waals surface area contributed by atoms with E-state index in [2.05, 4.69) is 15.6 Å². The molecule has 0 bridgehead atoms. The molecule has 2 rings (SSSR count). The van der Waals surface area contributed by atoms with Crippen LogP contribution in [0.5, 0.6) is 0 Å². The maximum Gasteiger partial charge on any atom is 0.326 e. The molecule has 0 radical (unpaired) electrons. The van der Waals surface area contributed by atoms with Gasteiger partial charge in [0.1, 0.15) is 12.2 Å². The lowest BCUT2D eigenvalue weighted by Gasteiger charge is -2.15. The summed E-state index contributed by atoms with van der Waals surface area (Å²) in [6.07, 6.45) is 0.317. The third-order valence-corrected chi connectivity index (χ3v) is 3.95. The van der Waals surface area contributed by atoms with Gasteiger partial charge in [0.25, 0.3) is 11.8 Å². The van der Waals surface area contributed by atoms with Crippen LogP contribution in [-0.2, 0) is 14.3 Å². The third kappa shape index (κ3) is 6.23. The van der Waals surface area contributed by atoms with Gasteiger partial charge in [0.15, 0.2) is 6.10 Å². The minimum Gasteiger partial charge on any atom is -0.451 e. The number of carbonyl (C=O) groups excluding carboxylic acids is 3. The van der Waals surface area contributed by atoms with Crippen molar-refractivity contribution in [1.82, 2.24) is 10.3 Å². The lowest BCUT2D eigenvalue weighted by molar-refractivity contribution is -0.152. The maximum absolute atomic E-state index is 12.2. The molecule has 1 aromatic carbocycles. The van der Waals surface area contributed by atoms with Gasteiger partial charge in [-0.15, -0.1) is 0 Å². The molecule has 1 atom stereocenters. The molecule has 2 N–H and O–H groups in total. The number of anilines is 1. The summed E-state index contributed by atoms with van der Waals surface area (Å²) < 4.78 is 5.02. The van der Waals surface area contributed by atoms with E-state index >= 15 is 0 Å². The van der Waals surface area contributed by atoms with Crippen LogP contribution in [-0.4, -0.2) is 35.4 Å². The second-order valence-corrected chi connectivity index (χ2v) is 6.50. The Morgan fingerprint density at radius 1 is 1.15 bits per heavy atom. The third-order valence-electron chi connectivity index (χ3n) is 3.48. The quantitative estimate of drug-likeness (QED) is 0.714. The van der Waals surface area contributed by atoms with E-state index in [4.69, 9.17) is 27.9 Å². The zero-order chi connectivity index (χ0) is 20.0. The van der Waals surface area contributed by atoms with Crippen molar-refractivity contribution in [2.24, 2.45) is 0 Å². The van der Waals surface area contributed by atoms with Gasteiger partial charge >= 0.3 is 5.97 Å². The Morgan fingerprint density at radius 2 is 1.85 bits per heavy atom. The van der Waals surface area contributed by atoms with E-state index in [-0.39, 0.29) is 5.69 Å². The highest BCUT2D eigenvalue weighted by molar-refractivity contribution is 6.31. The van der Waals surface area contributed by atoms with Crippen LogP contribution in [0.3, 0.4) is 0 Å². The summed E-state index contributed by atoms with van der Waals surface area (Å²) in [5.74, 6) is -1.87. The van der Waals surface area contributed by atoms with Gasteiger partial charge in [-0.3, -0.25) is 19.4 Å². The van der Waals surface area contributed by atoms with Crippen LogP contribution < -0.4 is 10.6 Å². The number of hydrogen-bond acceptors (Lipinski definition) is 5. The molecule has 1 heterocycles. The second kappa shape index (κ2) is 9.34. The minimum atomic E-state index is -1.06. The number of esters is 1. The van der Waals surface area contributed by atoms with Crippen molar-refractivity contribution >= 4 is 46.7 Å². The molecule has 0 saturated carbocycles. The molecular weight excluding hydrogens is 393 g/mol. The van der Waals surface area contributed by atoms with Crippen molar-refractivity contribution in [3.8, 4) is 0 Å². The molecule has 0 unspecified atom stereocenters. The predicted octanol–water partition coefficient (Wildman–Crippen LogP) is 3.00. The molecule has 0 spiro atoms. The number of nitrogens with zero attached hydrogens (tertiary/aromatic N) is 1. The highest BCUT2D eigenvalue weighted by Crippen LogP contribution is 2.20. The lowest BCUT2D eigenvalue weighted by atomic mass is 10.2. The van der Waals surface area contributed by atoms with E-state index in [1.54, 1.807) is 18.2 Å². The van der Waals surface area contributed by atoms with Gasteiger partial charge < -0.3 is 15.4 Å². The summed E-state index contributed by atoms with van der Waals surface area (Å²) in [5, 5.41) is 5.81. The van der Waals surface area contributed by atoms with Crippen molar-refractivity contribution in [2.45, 2.75) is 20.0 Å². The number of rotatable bonds is 6. The number of carbonyl (C=O) groups is 3. The Kier molecular flexibility index (Phi) is 7.15. The molecule has 1 aromatic heterocycles. The average molecular weight is 410 g/mol. The average Bonchev–Trinajstić information content (AvgIpc) is 2.62. The first-order chi connectivity index (χ1) is 12.8. The standard InChI is InChI=1S/C18H17Cl2N3O4/c1-10-3-4-12(19)7-14(10)23-17(25)11(2)27-16(24)9-22-18(26)15-8-13(20)5-6-21-15/h3-8,11H,9H2,1-2H3,(H,22,26)(H,23,25)/t11-/m0/s1. The monoisotopic (exact) mass is 409 g/mol. The molecule has 9 heteroatoms. The van der Waals surface area contributed by atoms with Crippen LogP contribution in [0.25, 0.3) is 0 Å². The summed E-state index contributed by atoms with van der Waals surface area (Å²) in [4.78, 5) is 39.8. The molecule has 142 valence electrons. The molecule has 0 aliphatic heterocycles. The predicted molar refractivity (Wildman–Crippen MR) is 102 cm³/mol. The number of hydrogen-bond donors (Lipinski definition) is 2. The van der Waals surface area contributed by atoms with E-state index in [1.165, 1.54) is 25.3 Å². The Morgan fingerprint density at radius 3 is 2.56 bits per heavy atom. The zero-order valence-corrected chi connectivity index (χ0v) is 16.1. The minimum absolute atomic E-state index is 0.0672. The van der Waals surface area contributed by atoms with Crippen LogP contribution in [0.4, 0.5) is 5.69 Å². The smallest absolute Gasteiger partial charge is 0.326 e. The SMILES string of the molecule is Cc1ccc(Cl)cc1NC(=O)[C@H](C)OC(=O)CNC(=O)c1cc(Cl)ccn1. The van der Waals surface area contributed by atoms with Crippen molar-refractivity contribution in [2.75, 3.05) is 11.9 Å². The van der Waals surface area contributed by atoms with Gasteiger partial charge in [0.05, 0.1) is 0 Å². The molecule has 27 heavy (non-hydrogen) atoms. The van der Waals surface area contributed by atoms with Crippen LogP contribution in [0.1, 0.15) is 23.0 Å². The van der Waals surface area contributed by atoms with E-state index in [0.717, 1.165) is 5.56 Å². The fraction of sp³-hybridized carbons (Fsp3) is 0.222. The van der Waals surface area contributed by atoms with E-state index < -0.39 is 30.4 Å². The first-order valence-electron chi connectivity index (χ1n) is 7.92. The van der Waals surface area contributed by atoms with Gasteiger partial charge in [0.2, 0.25) is 0 Å². The molecule has 2 amide bonds. The van der Waals surface area contributed by atoms with Crippen molar-refractivity contribution in [3.63, 3.8) is 0 Å². The zero-order valence-electron chi connectivity index (χ0n) is 14.6. The second-order valence-electron chi connectivity index (χ2n) is 5.62. The van der Waals surface area contributed by atoms with Crippen LogP contribution >= 0.6 is 23.2 Å². The molecule has 0 saturated heterocycles. The number of aryl methyl sites for hydroxylation is 1. The maximum atomic E-state index is 12.2. The Hall–Kier alpha value is -2.64. The van der Waals surface area contributed by atoms with Crippen molar-refractivity contribution < 1.29 is 19.1 Å². The largest absolute Gasteiger partial charge is 0.451 e. The summed E-state index contributed by atoms with van der Waals surface area (Å²) in [5.41, 5.74) is 1.40. The Bertz CT molecular complexity index is 873. The molecule has 0 aliphatic carbocycles. The van der Waals surface area contributed by atoms with Crippen LogP contribution in [0.2, 0.25) is 10.0 Å². The summed E-state index contributed by atoms with van der Waals surface area (Å²) in [6.45, 7) is 2.82. The molecule has 0 aliphatic rings. The topological polar surface area (TPSA) is 97.4 Å². The summed E-state index contributed by atoms with van der Waals surface area (Å²) >= 11 is 11.7. The number of nitrogens with one attached hydrogen (secondary N) is 2. The number of ether oxygens (including phenoxy) is 1. The lowest BCUT2D eigenvalue weighted by Crippen LogP contribution is -2.36. The fourth-order valence-electron chi connectivity index (χ4n) is 2.03. The van der Waals surface area contributed by atoms with Gasteiger partial charge in [-0.05, 0) is 43.7 Å². The van der Waals surface area contributed by atoms with Crippen LogP contribution in [0.15, 0.2) is 36.5 Å². The molecule has 0 fully saturated rings. The summed E-state index contributed by atoms with van der Waals surface area (Å²) in [6, 6.07) is 7.95. The summed E-state index contributed by atoms with van der Waals surface area (Å²) in [7, 11) is 0. The first kappa shape index (κ1) is 20.7. The van der Waals surface area contributed by atoms with Gasteiger partial charge in [-0.25, -0.2) is 0 Å². The Labute approximate surface area is 166 Å². The molecule has 7 nitrogen and oxygen atoms in total. The van der Waals surface area contributed by atoms with E-state index in [1.807, 2.05) is 6.92 Å². The van der Waals surface area contributed by atoms with Crippen molar-refractivity contribution in [1.29, 1.82) is 0 Å². The van der Waals surface area contributed by atoms with Gasteiger partial charge in [-0.1, -0.05) is 29.3 Å². The first-order valence-corrected chi connectivity index (χ1v) is 8.68. The van der Waals surface area contributed by atoms with E-state index in [9.17, 15) is 14.4 Å². The molecular formula is C18H17Cl2N3O4. The number of aromatic nitrogens is 1. The number of pyridine rings is 1.